The molecule has 5 N–H and O–H groups in total. The molecular weight excluding hydrogens is 416 g/mol. The maximum atomic E-state index is 11.4. The molecule has 0 spiro atoms. The number of ether oxygens (including phenoxy) is 2. The van der Waals surface area contributed by atoms with Crippen LogP contribution in [0.25, 0.3) is 0 Å². The Kier molecular flexibility index (Phi) is 5.49. The van der Waals surface area contributed by atoms with Crippen LogP contribution in [0, 0.1) is 17.3 Å². The van der Waals surface area contributed by atoms with Gasteiger partial charge in [0.1, 0.15) is 24.1 Å². The summed E-state index contributed by atoms with van der Waals surface area (Å²) in [6, 6.07) is 5.73. The second kappa shape index (κ2) is 7.95. The Morgan fingerprint density at radius 2 is 1.88 bits per heavy atom. The second-order valence-corrected chi connectivity index (χ2v) is 10.3. The average Bonchev–Trinajstić information content (AvgIpc) is 3.09. The number of aliphatic hydroxyl groups is 3. The molecule has 32 heavy (non-hydrogen) atoms. The van der Waals surface area contributed by atoms with Crippen molar-refractivity contribution in [2.24, 2.45) is 17.3 Å². The summed E-state index contributed by atoms with van der Waals surface area (Å²) in [7, 11) is 0. The summed E-state index contributed by atoms with van der Waals surface area (Å²) >= 11 is 0. The van der Waals surface area contributed by atoms with Crippen molar-refractivity contribution in [3.8, 4) is 5.75 Å². The molecule has 1 heterocycles. The molecule has 8 nitrogen and oxygen atoms in total. The van der Waals surface area contributed by atoms with Crippen molar-refractivity contribution < 1.29 is 39.8 Å². The molecular formula is C24H32O8. The summed E-state index contributed by atoms with van der Waals surface area (Å²) in [5, 5.41) is 49.6. The molecule has 5 rings (SSSR count). The van der Waals surface area contributed by atoms with E-state index in [-0.39, 0.29) is 11.5 Å². The highest BCUT2D eigenvalue weighted by molar-refractivity contribution is 5.73. The number of carboxylic acid groups (broad SMARTS) is 1. The highest BCUT2D eigenvalue weighted by Gasteiger charge is 2.57. The summed E-state index contributed by atoms with van der Waals surface area (Å²) in [6.45, 7) is 2.22. The zero-order valence-corrected chi connectivity index (χ0v) is 18.1. The number of hydrogen-bond donors (Lipinski definition) is 5. The normalized spacial score (nSPS) is 45.6. The minimum Gasteiger partial charge on any atom is -0.508 e. The standard InChI is InChI=1S/C24H32O8/c1-24-9-8-14-13-5-3-12(25)10-11(13)2-4-15(14)16(24)6-7-17(24)31-23-20(28)18(26)19(27)21(32-23)22(29)30/h3,5,10,14-21,23,25-28H,2,4,6-9H2,1H3,(H,29,30)/t14-,15+,16+,17-,18-,19-,20+,21-,23+,24+/m0/s1. The lowest BCUT2D eigenvalue weighted by molar-refractivity contribution is -0.312. The highest BCUT2D eigenvalue weighted by atomic mass is 16.7. The summed E-state index contributed by atoms with van der Waals surface area (Å²) < 4.78 is 11.5. The van der Waals surface area contributed by atoms with E-state index in [9.17, 15) is 30.3 Å². The predicted molar refractivity (Wildman–Crippen MR) is 112 cm³/mol. The number of aryl methyl sites for hydroxylation is 1. The van der Waals surface area contributed by atoms with E-state index in [1.165, 1.54) is 11.1 Å². The van der Waals surface area contributed by atoms with Gasteiger partial charge in [0, 0.05) is 0 Å². The van der Waals surface area contributed by atoms with Crippen LogP contribution in [0.5, 0.6) is 5.75 Å². The second-order valence-electron chi connectivity index (χ2n) is 10.3. The Balaban J connectivity index is 1.34. The van der Waals surface area contributed by atoms with Crippen molar-refractivity contribution in [3.63, 3.8) is 0 Å². The summed E-state index contributed by atoms with van der Waals surface area (Å²) in [5.74, 6) is 0.312. The van der Waals surface area contributed by atoms with Gasteiger partial charge in [-0.2, -0.15) is 0 Å². The van der Waals surface area contributed by atoms with Crippen LogP contribution in [0.15, 0.2) is 18.2 Å². The Morgan fingerprint density at radius 3 is 2.62 bits per heavy atom. The van der Waals surface area contributed by atoms with E-state index in [2.05, 4.69) is 13.0 Å². The zero-order chi connectivity index (χ0) is 22.8. The minimum atomic E-state index is -1.72. The van der Waals surface area contributed by atoms with E-state index < -0.39 is 36.7 Å². The van der Waals surface area contributed by atoms with Crippen LogP contribution in [-0.2, 0) is 20.7 Å². The van der Waals surface area contributed by atoms with E-state index >= 15 is 0 Å². The average molecular weight is 449 g/mol. The van der Waals surface area contributed by atoms with Crippen LogP contribution in [-0.4, -0.2) is 68.3 Å². The predicted octanol–water partition coefficient (Wildman–Crippen LogP) is 1.53. The topological polar surface area (TPSA) is 137 Å². The molecule has 176 valence electrons. The van der Waals surface area contributed by atoms with Gasteiger partial charge in [-0.25, -0.2) is 4.79 Å². The van der Waals surface area contributed by atoms with Crippen molar-refractivity contribution in [2.45, 2.75) is 88.2 Å². The summed E-state index contributed by atoms with van der Waals surface area (Å²) in [6.07, 6.45) is -2.38. The molecule has 1 aliphatic heterocycles. The monoisotopic (exact) mass is 448 g/mol. The lowest BCUT2D eigenvalue weighted by Gasteiger charge is -2.51. The first-order valence-corrected chi connectivity index (χ1v) is 11.6. The first-order valence-electron chi connectivity index (χ1n) is 11.6. The third-order valence-corrected chi connectivity index (χ3v) is 8.73. The van der Waals surface area contributed by atoms with E-state index in [0.717, 1.165) is 38.5 Å². The molecule has 10 atom stereocenters. The fourth-order valence-corrected chi connectivity index (χ4v) is 7.07. The number of benzene rings is 1. The fraction of sp³-hybridized carbons (Fsp3) is 0.708. The number of fused-ring (bicyclic) bond motifs is 5. The number of hydrogen-bond acceptors (Lipinski definition) is 7. The van der Waals surface area contributed by atoms with Crippen LogP contribution < -0.4 is 0 Å². The first-order chi connectivity index (χ1) is 15.2. The lowest BCUT2D eigenvalue weighted by atomic mass is 9.55. The molecule has 8 heteroatoms. The van der Waals surface area contributed by atoms with Gasteiger partial charge in [-0.15, -0.1) is 0 Å². The minimum absolute atomic E-state index is 0.140. The Morgan fingerprint density at radius 1 is 1.09 bits per heavy atom. The quantitative estimate of drug-likeness (QED) is 0.470. The van der Waals surface area contributed by atoms with E-state index in [0.29, 0.717) is 23.5 Å². The summed E-state index contributed by atoms with van der Waals surface area (Å²) in [5.41, 5.74) is 2.45. The van der Waals surface area contributed by atoms with Crippen molar-refractivity contribution in [3.05, 3.63) is 29.3 Å². The molecule has 0 aromatic heterocycles. The number of aromatic hydroxyl groups is 1. The van der Waals surface area contributed by atoms with Crippen LogP contribution in [0.4, 0.5) is 0 Å². The SMILES string of the molecule is C[C@@]12CC[C@H]3c4ccc(O)cc4CC[C@H]3[C@H]1CC[C@@H]2O[C@@H]1O[C@H](C(=O)O)[C@@H](O)[C@H](O)[C@H]1O. The van der Waals surface area contributed by atoms with Crippen LogP contribution in [0.2, 0.25) is 0 Å². The van der Waals surface area contributed by atoms with Crippen LogP contribution >= 0.6 is 0 Å². The molecule has 3 aliphatic carbocycles. The van der Waals surface area contributed by atoms with Crippen molar-refractivity contribution in [1.29, 1.82) is 0 Å². The first kappa shape index (κ1) is 22.1. The van der Waals surface area contributed by atoms with Crippen molar-refractivity contribution in [1.82, 2.24) is 0 Å². The molecule has 1 aromatic rings. The highest BCUT2D eigenvalue weighted by Crippen LogP contribution is 2.61. The number of phenolic OH excluding ortho intramolecular Hbond substituents is 1. The number of carbonyl (C=O) groups is 1. The number of aliphatic hydroxyl groups excluding tert-OH is 3. The Bertz CT molecular complexity index is 889. The lowest BCUT2D eigenvalue weighted by Crippen LogP contribution is -2.61. The molecule has 0 unspecified atom stereocenters. The van der Waals surface area contributed by atoms with Crippen molar-refractivity contribution >= 4 is 5.97 Å². The van der Waals surface area contributed by atoms with E-state index in [4.69, 9.17) is 9.47 Å². The van der Waals surface area contributed by atoms with Gasteiger partial charge in [-0.05, 0) is 85.0 Å². The van der Waals surface area contributed by atoms with Gasteiger partial charge in [0.2, 0.25) is 0 Å². The molecule has 0 bridgehead atoms. The molecule has 2 saturated carbocycles. The van der Waals surface area contributed by atoms with Gasteiger partial charge in [0.05, 0.1) is 6.10 Å². The van der Waals surface area contributed by atoms with Gasteiger partial charge >= 0.3 is 5.97 Å². The van der Waals surface area contributed by atoms with Crippen molar-refractivity contribution in [2.75, 3.05) is 0 Å². The van der Waals surface area contributed by atoms with Gasteiger partial charge in [-0.1, -0.05) is 13.0 Å². The largest absolute Gasteiger partial charge is 0.508 e. The third-order valence-electron chi connectivity index (χ3n) is 8.73. The fourth-order valence-electron chi connectivity index (χ4n) is 7.07. The molecule has 1 aromatic carbocycles. The van der Waals surface area contributed by atoms with Crippen LogP contribution in [0.1, 0.15) is 56.1 Å². The van der Waals surface area contributed by atoms with Crippen LogP contribution in [0.3, 0.4) is 0 Å². The van der Waals surface area contributed by atoms with Gasteiger partial charge < -0.3 is 35.0 Å². The number of rotatable bonds is 3. The molecule has 1 saturated heterocycles. The molecule has 0 amide bonds. The molecule has 3 fully saturated rings. The maximum absolute atomic E-state index is 11.4. The van der Waals surface area contributed by atoms with Gasteiger partial charge in [0.25, 0.3) is 0 Å². The summed E-state index contributed by atoms with van der Waals surface area (Å²) in [4.78, 5) is 11.4. The maximum Gasteiger partial charge on any atom is 0.335 e. The Labute approximate surface area is 186 Å². The number of aliphatic carboxylic acids is 1. The van der Waals surface area contributed by atoms with E-state index in [1.54, 1.807) is 6.07 Å². The molecule has 0 radical (unpaired) electrons. The number of carboxylic acids is 1. The zero-order valence-electron chi connectivity index (χ0n) is 18.1. The molecule has 4 aliphatic rings. The van der Waals surface area contributed by atoms with Gasteiger partial charge in [-0.3, -0.25) is 0 Å². The number of phenols is 1. The smallest absolute Gasteiger partial charge is 0.335 e. The van der Waals surface area contributed by atoms with E-state index in [1.807, 2.05) is 6.07 Å². The third kappa shape index (κ3) is 3.35. The Hall–Kier alpha value is -1.71. The van der Waals surface area contributed by atoms with Gasteiger partial charge in [0.15, 0.2) is 12.4 Å².